The minimum absolute atomic E-state index is 0.0338. The van der Waals surface area contributed by atoms with Crippen LogP contribution in [0.15, 0.2) is 0 Å². The Labute approximate surface area is 72.6 Å². The fourth-order valence-corrected chi connectivity index (χ4v) is 2.18. The Balaban J connectivity index is 3.35. The molecule has 54 valence electrons. The van der Waals surface area contributed by atoms with Crippen molar-refractivity contribution in [3.8, 4) is 0 Å². The molecule has 0 aromatic heterocycles. The van der Waals surface area contributed by atoms with Gasteiger partial charge in [-0.2, -0.15) is 0 Å². The maximum absolute atomic E-state index is 10.7. The van der Waals surface area contributed by atoms with E-state index in [0.29, 0.717) is 0 Å². The van der Waals surface area contributed by atoms with Crippen LogP contribution in [0.2, 0.25) is 0 Å². The van der Waals surface area contributed by atoms with Crippen LogP contribution in [0.5, 0.6) is 0 Å². The van der Waals surface area contributed by atoms with Gasteiger partial charge in [0.05, 0.1) is 4.65 Å². The molecule has 0 radical (unpaired) electrons. The first-order chi connectivity index (χ1) is 4.66. The molecule has 0 aromatic rings. The number of carbonyl (C=O) groups excluding carboxylic acids is 2. The Morgan fingerprint density at radius 1 is 1.40 bits per heavy atom. The molecule has 0 rings (SSSR count). The van der Waals surface area contributed by atoms with E-state index in [1.807, 2.05) is 0 Å². The molecular weight excluding hydrogens is 162 g/mol. The lowest BCUT2D eigenvalue weighted by Gasteiger charge is -1.97. The minimum atomic E-state index is -1.14. The largest absolute Gasteiger partial charge is 0.501 e. The molecule has 2 N–H and O–H groups in total. The van der Waals surface area contributed by atoms with Crippen LogP contribution in [-0.2, 0) is 4.79 Å². The van der Waals surface area contributed by atoms with E-state index in [4.69, 9.17) is 0 Å². The van der Waals surface area contributed by atoms with E-state index in [-0.39, 0.29) is 9.41 Å². The normalized spacial score (nSPS) is 8.20. The molecule has 1 amide bonds. The summed E-state index contributed by atoms with van der Waals surface area (Å²) in [6, 6.07) is 0. The maximum atomic E-state index is 10.7. The van der Waals surface area contributed by atoms with E-state index < -0.39 is 30.9 Å². The molecule has 0 fully saturated rings. The molecule has 0 bridgehead atoms. The Kier molecular flexibility index (Phi) is 6.01. The van der Waals surface area contributed by atoms with Gasteiger partial charge in [-0.1, -0.05) is 0 Å². The van der Waals surface area contributed by atoms with E-state index >= 15 is 0 Å². The number of nitrogens with one attached hydrogen (secondary N) is 2. The van der Waals surface area contributed by atoms with Gasteiger partial charge in [0.2, 0.25) is 0 Å². The molecule has 0 saturated heterocycles. The van der Waals surface area contributed by atoms with Gasteiger partial charge < -0.3 is 18.2 Å². The second-order valence-electron chi connectivity index (χ2n) is 2.01. The van der Waals surface area contributed by atoms with Crippen LogP contribution in [0, 0.1) is 0 Å². The molecule has 0 aliphatic rings. The number of hydrogen-bond donors (Lipinski definition) is 2. The third-order valence-corrected chi connectivity index (χ3v) is 3.37. The van der Waals surface area contributed by atoms with Crippen molar-refractivity contribution in [1.82, 2.24) is 8.60 Å². The average Bonchev–Trinajstić information content (AvgIpc) is 1.82. The summed E-state index contributed by atoms with van der Waals surface area (Å²) in [7, 11) is 1.79. The van der Waals surface area contributed by atoms with E-state index in [0.717, 1.165) is 0 Å². The zero-order valence-corrected chi connectivity index (χ0v) is 9.06. The first-order valence-electron chi connectivity index (χ1n) is 3.07. The first-order valence-corrected chi connectivity index (χ1v) is 5.90. The lowest BCUT2D eigenvalue weighted by molar-refractivity contribution is -0.110. The van der Waals surface area contributed by atoms with Gasteiger partial charge in [0.1, 0.15) is 4.77 Å². The molecule has 0 unspecified atom stereocenters. The summed E-state index contributed by atoms with van der Waals surface area (Å²) < 4.78 is 5.59. The van der Waals surface area contributed by atoms with Crippen LogP contribution in [0.1, 0.15) is 6.92 Å². The second kappa shape index (κ2) is 5.91. The predicted octanol–water partition coefficient (Wildman–Crippen LogP) is -1.84. The lowest BCUT2D eigenvalue weighted by Crippen LogP contribution is -2.39. The monoisotopic (exact) mass is 172 g/mol. The standard InChI is InChI=1S/C2H3O.CHNO.CH4N.2Al.2H/c1-2-3;2-1-3;1-2;;;;/h1H3;(H-,2,3);2H,1H3;;;;/q;2*-1;;+2;;. The molecule has 6 heteroatoms. The highest BCUT2D eigenvalue weighted by atomic mass is 27.1. The fourth-order valence-electron chi connectivity index (χ4n) is 0.476. The third-order valence-electron chi connectivity index (χ3n) is 0.872. The number of carbonyl (C=O) groups is 2. The number of amides is 1. The smallest absolute Gasteiger partial charge is 0.452 e. The van der Waals surface area contributed by atoms with E-state index in [9.17, 15) is 9.59 Å². The highest BCUT2D eigenvalue weighted by Gasteiger charge is 2.09. The van der Waals surface area contributed by atoms with Crippen molar-refractivity contribution < 1.29 is 9.59 Å². The SMILES string of the molecule is C[NH][AlH][NH][C](=O)[AlH][C](C)=O. The van der Waals surface area contributed by atoms with Crippen molar-refractivity contribution >= 4 is 40.3 Å². The lowest BCUT2D eigenvalue weighted by atomic mass is 10.9. The van der Waals surface area contributed by atoms with Crippen LogP contribution in [-0.4, -0.2) is 47.3 Å². The summed E-state index contributed by atoms with van der Waals surface area (Å²) in [5.41, 5.74) is 0. The van der Waals surface area contributed by atoms with E-state index in [1.165, 1.54) is 6.92 Å². The molecule has 0 spiro atoms. The van der Waals surface area contributed by atoms with E-state index in [2.05, 4.69) is 8.60 Å². The third kappa shape index (κ3) is 6.29. The zero-order valence-electron chi connectivity index (χ0n) is 6.23. The molecule has 10 heavy (non-hydrogen) atoms. The summed E-state index contributed by atoms with van der Waals surface area (Å²) in [5.74, 6) is 0. The summed E-state index contributed by atoms with van der Waals surface area (Å²) in [4.78, 5) is 21.2. The summed E-state index contributed by atoms with van der Waals surface area (Å²) in [5, 5.41) is 0. The van der Waals surface area contributed by atoms with Gasteiger partial charge in [-0.3, -0.25) is 0 Å². The van der Waals surface area contributed by atoms with Crippen molar-refractivity contribution in [2.24, 2.45) is 0 Å². The Hall–Kier alpha value is 0.165. The minimum Gasteiger partial charge on any atom is -0.452 e. The van der Waals surface area contributed by atoms with Crippen LogP contribution >= 0.6 is 0 Å². The van der Waals surface area contributed by atoms with Gasteiger partial charge in [-0.25, -0.2) is 0 Å². The van der Waals surface area contributed by atoms with Gasteiger partial charge in [0, 0.05) is 0 Å². The zero-order chi connectivity index (χ0) is 7.98. The quantitative estimate of drug-likeness (QED) is 0.490. The molecule has 0 aromatic carbocycles. The highest BCUT2D eigenvalue weighted by Crippen LogP contribution is 1.67. The topological polar surface area (TPSA) is 58.2 Å². The van der Waals surface area contributed by atoms with Gasteiger partial charge >= 0.3 is 30.9 Å². The molecule has 4 nitrogen and oxygen atoms in total. The molecule has 0 aliphatic heterocycles. The Morgan fingerprint density at radius 2 is 2.00 bits per heavy atom. The maximum Gasteiger partial charge on any atom is 0.501 e. The van der Waals surface area contributed by atoms with Crippen LogP contribution in [0.4, 0.5) is 4.79 Å². The summed E-state index contributed by atoms with van der Waals surface area (Å²) in [6.07, 6.45) is 0. The van der Waals surface area contributed by atoms with Gasteiger partial charge in [0.25, 0.3) is 0 Å². The second-order valence-corrected chi connectivity index (χ2v) is 5.41. The van der Waals surface area contributed by atoms with Crippen molar-refractivity contribution in [2.75, 3.05) is 7.05 Å². The predicted molar refractivity (Wildman–Crippen MR) is 42.6 cm³/mol. The van der Waals surface area contributed by atoms with Crippen molar-refractivity contribution in [3.63, 3.8) is 0 Å². The van der Waals surface area contributed by atoms with Gasteiger partial charge in [0.15, 0.2) is 0 Å². The number of hydrogen-bond acceptors (Lipinski definition) is 3. The van der Waals surface area contributed by atoms with Crippen LogP contribution < -0.4 is 8.60 Å². The molecule has 0 saturated carbocycles. The summed E-state index contributed by atoms with van der Waals surface area (Å²) in [6.45, 7) is 1.47. The first kappa shape index (κ1) is 10.2. The highest BCUT2D eigenvalue weighted by molar-refractivity contribution is 6.97. The van der Waals surface area contributed by atoms with E-state index in [1.54, 1.807) is 7.05 Å². The van der Waals surface area contributed by atoms with Crippen LogP contribution in [0.3, 0.4) is 0 Å². The van der Waals surface area contributed by atoms with Crippen molar-refractivity contribution in [3.05, 3.63) is 0 Å². The van der Waals surface area contributed by atoms with Gasteiger partial charge in [-0.15, -0.1) is 0 Å². The Morgan fingerprint density at radius 3 is 2.40 bits per heavy atom. The molecule has 0 atom stereocenters. The Bertz CT molecular complexity index is 139. The molecule has 0 aliphatic carbocycles. The summed E-state index contributed by atoms with van der Waals surface area (Å²) >= 11 is -1.78. The van der Waals surface area contributed by atoms with Crippen LogP contribution in [0.25, 0.3) is 0 Å². The van der Waals surface area contributed by atoms with Gasteiger partial charge in [-0.05, 0) is 14.0 Å². The van der Waals surface area contributed by atoms with Crippen molar-refractivity contribution in [2.45, 2.75) is 6.92 Å². The number of rotatable bonds is 4. The molecular formula is C4H10Al2N2O2. The average molecular weight is 172 g/mol. The fraction of sp³-hybridized carbons (Fsp3) is 0.500. The van der Waals surface area contributed by atoms with Crippen molar-refractivity contribution in [1.29, 1.82) is 0 Å². The molecule has 0 heterocycles.